The van der Waals surface area contributed by atoms with Crippen LogP contribution in [0.25, 0.3) is 0 Å². The molecule has 6 heteroatoms. The topological polar surface area (TPSA) is 83.6 Å². The summed E-state index contributed by atoms with van der Waals surface area (Å²) in [6.07, 6.45) is 0.478. The van der Waals surface area contributed by atoms with Crippen molar-refractivity contribution in [2.24, 2.45) is 11.8 Å². The van der Waals surface area contributed by atoms with Gasteiger partial charge >= 0.3 is 5.97 Å². The van der Waals surface area contributed by atoms with Crippen LogP contribution in [0.3, 0.4) is 0 Å². The van der Waals surface area contributed by atoms with E-state index in [2.05, 4.69) is 5.16 Å². The lowest BCUT2D eigenvalue weighted by Gasteiger charge is -2.34. The maximum Gasteiger partial charge on any atom is 0.306 e. The van der Waals surface area contributed by atoms with Gasteiger partial charge in [0.15, 0.2) is 5.69 Å². The maximum absolute atomic E-state index is 12.4. The molecular formula is C15H22N2O4. The Bertz CT molecular complexity index is 544. The molecule has 6 nitrogen and oxygen atoms in total. The normalized spacial score (nSPS) is 23.1. The summed E-state index contributed by atoms with van der Waals surface area (Å²) in [6.45, 7) is 8.71. The Hall–Kier alpha value is -1.85. The zero-order valence-electron chi connectivity index (χ0n) is 12.9. The molecule has 1 aliphatic rings. The van der Waals surface area contributed by atoms with Gasteiger partial charge in [-0.25, -0.2) is 0 Å². The number of aromatic nitrogens is 1. The summed E-state index contributed by atoms with van der Waals surface area (Å²) in [7, 11) is 0. The van der Waals surface area contributed by atoms with Crippen LogP contribution in [0.1, 0.15) is 50.4 Å². The summed E-state index contributed by atoms with van der Waals surface area (Å²) in [5.41, 5.74) is 0.0932. The number of rotatable bonds is 2. The van der Waals surface area contributed by atoms with E-state index in [1.807, 2.05) is 27.7 Å². The first kappa shape index (κ1) is 15.5. The van der Waals surface area contributed by atoms with Crippen LogP contribution in [0.2, 0.25) is 0 Å². The zero-order valence-corrected chi connectivity index (χ0v) is 12.9. The molecule has 1 saturated heterocycles. The van der Waals surface area contributed by atoms with Crippen molar-refractivity contribution in [1.29, 1.82) is 0 Å². The van der Waals surface area contributed by atoms with Crippen LogP contribution in [0.5, 0.6) is 0 Å². The van der Waals surface area contributed by atoms with Crippen molar-refractivity contribution < 1.29 is 19.2 Å². The highest BCUT2D eigenvalue weighted by atomic mass is 16.5. The molecule has 1 amide bonds. The van der Waals surface area contributed by atoms with Crippen LogP contribution in [0.15, 0.2) is 10.6 Å². The van der Waals surface area contributed by atoms with Gasteiger partial charge in [-0.1, -0.05) is 32.9 Å². The Morgan fingerprint density at radius 2 is 2.10 bits per heavy atom. The monoisotopic (exact) mass is 294 g/mol. The highest BCUT2D eigenvalue weighted by molar-refractivity contribution is 5.92. The molecule has 0 spiro atoms. The second-order valence-electron chi connectivity index (χ2n) is 6.79. The molecule has 1 N–H and O–H groups in total. The molecule has 0 saturated carbocycles. The average molecular weight is 294 g/mol. The van der Waals surface area contributed by atoms with Gasteiger partial charge in [0.05, 0.1) is 5.92 Å². The zero-order chi connectivity index (χ0) is 15.8. The quantitative estimate of drug-likeness (QED) is 0.903. The molecule has 0 bridgehead atoms. The predicted molar refractivity (Wildman–Crippen MR) is 76.0 cm³/mol. The SMILES string of the molecule is CC1CN(C(=O)c2cc(C(C)(C)C)on2)CCC1C(=O)O. The summed E-state index contributed by atoms with van der Waals surface area (Å²) >= 11 is 0. The average Bonchev–Trinajstić information content (AvgIpc) is 2.86. The second kappa shape index (κ2) is 5.50. The van der Waals surface area contributed by atoms with Crippen LogP contribution in [0, 0.1) is 11.8 Å². The molecule has 21 heavy (non-hydrogen) atoms. The lowest BCUT2D eigenvalue weighted by Crippen LogP contribution is -2.45. The largest absolute Gasteiger partial charge is 0.481 e. The third kappa shape index (κ3) is 3.25. The third-order valence-electron chi connectivity index (χ3n) is 3.98. The van der Waals surface area contributed by atoms with Gasteiger partial charge in [0.25, 0.3) is 5.91 Å². The number of carboxylic acids is 1. The molecule has 2 atom stereocenters. The molecule has 2 heterocycles. The van der Waals surface area contributed by atoms with E-state index in [0.29, 0.717) is 31.0 Å². The first-order valence-corrected chi connectivity index (χ1v) is 7.19. The molecule has 116 valence electrons. The van der Waals surface area contributed by atoms with Crippen molar-refractivity contribution in [1.82, 2.24) is 10.1 Å². The second-order valence-corrected chi connectivity index (χ2v) is 6.79. The van der Waals surface area contributed by atoms with Gasteiger partial charge in [-0.3, -0.25) is 9.59 Å². The number of carboxylic acid groups (broad SMARTS) is 1. The molecule has 1 fully saturated rings. The molecular weight excluding hydrogens is 272 g/mol. The number of nitrogens with zero attached hydrogens (tertiary/aromatic N) is 2. The Morgan fingerprint density at radius 3 is 2.57 bits per heavy atom. The Morgan fingerprint density at radius 1 is 1.43 bits per heavy atom. The Kier molecular flexibility index (Phi) is 4.07. The number of carbonyl (C=O) groups excluding carboxylic acids is 1. The van der Waals surface area contributed by atoms with Crippen LogP contribution in [-0.2, 0) is 10.2 Å². The van der Waals surface area contributed by atoms with Crippen molar-refractivity contribution in [3.63, 3.8) is 0 Å². The van der Waals surface area contributed by atoms with Gasteiger partial charge in [0.1, 0.15) is 5.76 Å². The fourth-order valence-electron chi connectivity index (χ4n) is 2.59. The molecule has 0 radical (unpaired) electrons. The van der Waals surface area contributed by atoms with Crippen molar-refractivity contribution in [2.75, 3.05) is 13.1 Å². The summed E-state index contributed by atoms with van der Waals surface area (Å²) < 4.78 is 5.24. The first-order chi connectivity index (χ1) is 9.70. The van der Waals surface area contributed by atoms with Gasteiger partial charge in [-0.2, -0.15) is 0 Å². The van der Waals surface area contributed by atoms with Crippen LogP contribution < -0.4 is 0 Å². The number of carbonyl (C=O) groups is 2. The number of hydrogen-bond acceptors (Lipinski definition) is 4. The lowest BCUT2D eigenvalue weighted by atomic mass is 9.87. The van der Waals surface area contributed by atoms with Crippen LogP contribution in [-0.4, -0.2) is 40.1 Å². The molecule has 1 aromatic heterocycles. The van der Waals surface area contributed by atoms with E-state index in [-0.39, 0.29) is 23.2 Å². The van der Waals surface area contributed by atoms with Gasteiger partial charge in [-0.05, 0) is 12.3 Å². The van der Waals surface area contributed by atoms with Gasteiger partial charge in [0.2, 0.25) is 0 Å². The fourth-order valence-corrected chi connectivity index (χ4v) is 2.59. The predicted octanol–water partition coefficient (Wildman–Crippen LogP) is 2.15. The number of hydrogen-bond donors (Lipinski definition) is 1. The van der Waals surface area contributed by atoms with Gasteiger partial charge in [-0.15, -0.1) is 0 Å². The Balaban J connectivity index is 2.08. The fraction of sp³-hybridized carbons (Fsp3) is 0.667. The number of aliphatic carboxylic acids is 1. The van der Waals surface area contributed by atoms with Crippen LogP contribution >= 0.6 is 0 Å². The molecule has 1 aliphatic heterocycles. The minimum Gasteiger partial charge on any atom is -0.481 e. The maximum atomic E-state index is 12.4. The lowest BCUT2D eigenvalue weighted by molar-refractivity contribution is -0.145. The summed E-state index contributed by atoms with van der Waals surface area (Å²) in [6, 6.07) is 1.68. The van der Waals surface area contributed by atoms with E-state index in [0.717, 1.165) is 0 Å². The smallest absolute Gasteiger partial charge is 0.306 e. The van der Waals surface area contributed by atoms with Gasteiger partial charge < -0.3 is 14.5 Å². The minimum atomic E-state index is -0.786. The van der Waals surface area contributed by atoms with E-state index in [9.17, 15) is 9.59 Å². The number of amides is 1. The summed E-state index contributed by atoms with van der Waals surface area (Å²) in [4.78, 5) is 25.2. The molecule has 0 aromatic carbocycles. The van der Waals surface area contributed by atoms with E-state index in [1.165, 1.54) is 0 Å². The number of likely N-dealkylation sites (tertiary alicyclic amines) is 1. The van der Waals surface area contributed by atoms with E-state index >= 15 is 0 Å². The van der Waals surface area contributed by atoms with Crippen molar-refractivity contribution >= 4 is 11.9 Å². The highest BCUT2D eigenvalue weighted by Crippen LogP contribution is 2.26. The highest BCUT2D eigenvalue weighted by Gasteiger charge is 2.34. The molecule has 0 aliphatic carbocycles. The third-order valence-corrected chi connectivity index (χ3v) is 3.98. The first-order valence-electron chi connectivity index (χ1n) is 7.19. The van der Waals surface area contributed by atoms with Gasteiger partial charge in [0, 0.05) is 24.6 Å². The van der Waals surface area contributed by atoms with Crippen molar-refractivity contribution in [2.45, 2.75) is 39.5 Å². The molecule has 1 aromatic rings. The molecule has 2 rings (SSSR count). The number of piperidine rings is 1. The van der Waals surface area contributed by atoms with Crippen molar-refractivity contribution in [3.8, 4) is 0 Å². The van der Waals surface area contributed by atoms with E-state index in [4.69, 9.17) is 9.63 Å². The van der Waals surface area contributed by atoms with E-state index in [1.54, 1.807) is 11.0 Å². The summed E-state index contributed by atoms with van der Waals surface area (Å²) in [5.74, 6) is -0.749. The Labute approximate surface area is 124 Å². The van der Waals surface area contributed by atoms with Crippen molar-refractivity contribution in [3.05, 3.63) is 17.5 Å². The minimum absolute atomic E-state index is 0.0609. The standard InChI is InChI=1S/C15H22N2O4/c1-9-8-17(6-5-10(9)14(19)20)13(18)11-7-12(21-16-11)15(2,3)4/h7,9-10H,5-6,8H2,1-4H3,(H,19,20). The van der Waals surface area contributed by atoms with E-state index < -0.39 is 5.97 Å². The summed E-state index contributed by atoms with van der Waals surface area (Å²) in [5, 5.41) is 13.0. The molecule has 2 unspecified atom stereocenters. The van der Waals surface area contributed by atoms with Crippen LogP contribution in [0.4, 0.5) is 0 Å².